The predicted molar refractivity (Wildman–Crippen MR) is 237 cm³/mol. The van der Waals surface area contributed by atoms with Crippen LogP contribution in [0.2, 0.25) is 0 Å². The molecule has 3 unspecified atom stereocenters. The van der Waals surface area contributed by atoms with E-state index in [1.54, 1.807) is 26.8 Å². The first kappa shape index (κ1) is 48.9. The van der Waals surface area contributed by atoms with Gasteiger partial charge >= 0.3 is 5.97 Å². The highest BCUT2D eigenvalue weighted by Crippen LogP contribution is 2.49. The summed E-state index contributed by atoms with van der Waals surface area (Å²) in [6, 6.07) is 0. The van der Waals surface area contributed by atoms with Crippen LogP contribution < -0.4 is 26.1 Å². The molecule has 2 aromatic rings. The number of fused-ring (bicyclic) bond motifs is 3. The van der Waals surface area contributed by atoms with E-state index < -0.39 is 35.5 Å². The fourth-order valence-corrected chi connectivity index (χ4v) is 10.1. The van der Waals surface area contributed by atoms with E-state index in [4.69, 9.17) is 24.6 Å². The van der Waals surface area contributed by atoms with Crippen molar-refractivity contribution in [2.45, 2.75) is 119 Å². The van der Waals surface area contributed by atoms with Gasteiger partial charge in [-0.3, -0.25) is 24.4 Å². The topological polar surface area (TPSA) is 199 Å². The molecule has 6 N–H and O–H groups in total. The lowest BCUT2D eigenvalue weighted by Crippen LogP contribution is -2.54. The van der Waals surface area contributed by atoms with Crippen molar-refractivity contribution >= 4 is 34.1 Å². The van der Waals surface area contributed by atoms with Crippen LogP contribution in [0.5, 0.6) is 17.2 Å². The van der Waals surface area contributed by atoms with Crippen LogP contribution in [0.25, 0.3) is 10.8 Å². The number of amides is 1. The van der Waals surface area contributed by atoms with Crippen LogP contribution in [0.4, 0.5) is 5.69 Å². The molecule has 2 fully saturated rings. The fourth-order valence-electron chi connectivity index (χ4n) is 10.1. The maximum atomic E-state index is 14.8. The first-order valence-electron chi connectivity index (χ1n) is 21.7. The van der Waals surface area contributed by atoms with Crippen LogP contribution in [0, 0.1) is 61.2 Å². The number of ether oxygens (including phenoxy) is 2. The van der Waals surface area contributed by atoms with E-state index in [1.807, 2.05) is 39.8 Å². The number of aliphatic hydroxyl groups excluding tert-OH is 2. The first-order chi connectivity index (χ1) is 29.0. The second-order valence-corrected chi connectivity index (χ2v) is 17.5. The number of Topliss-reactive ketones (excluding diaryl/α,β-unsaturated/α-hetero) is 1. The fraction of sp³-hybridized carbons (Fsp3) is 0.604. The lowest BCUT2D eigenvalue weighted by molar-refractivity contribution is -0.156. The zero-order valence-corrected chi connectivity index (χ0v) is 37.7. The lowest BCUT2D eigenvalue weighted by Gasteiger charge is -2.48. The minimum Gasteiger partial charge on any atom is -0.507 e. The number of carbonyl (C=O) groups is 3. The minimum absolute atomic E-state index is 0.00480. The van der Waals surface area contributed by atoms with E-state index in [2.05, 4.69) is 30.4 Å². The SMILES string of the molecule is C#C.CCOc1c(C)c(O)c2c(O)c3c4c(c2c1C(=O)CCC[C@@H](C)[C@@H](OC(C)=O)[C@H](C)[C@H](O)[C@H](C)C[C@@H](C)/C=C/C=C(/C)C(=O)N3)=N[C@]1(N=4)C(C)CC2CNCC1C2.CO. The van der Waals surface area contributed by atoms with E-state index in [0.29, 0.717) is 42.7 Å². The van der Waals surface area contributed by atoms with Crippen molar-refractivity contribution in [2.24, 2.45) is 51.4 Å². The predicted octanol–water partition coefficient (Wildman–Crippen LogP) is 6.07. The van der Waals surface area contributed by atoms with Crippen LogP contribution in [-0.2, 0) is 14.3 Å². The number of carbonyl (C=O) groups excluding carboxylic acids is 3. The third-order valence-electron chi connectivity index (χ3n) is 13.1. The maximum Gasteiger partial charge on any atom is 0.302 e. The number of esters is 1. The molecule has 1 spiro atoms. The van der Waals surface area contributed by atoms with Crippen molar-refractivity contribution in [1.82, 2.24) is 5.32 Å². The van der Waals surface area contributed by atoms with Crippen LogP contribution in [-0.4, -0.2) is 82.8 Å². The molecule has 1 amide bonds. The van der Waals surface area contributed by atoms with E-state index >= 15 is 0 Å². The Bertz CT molecular complexity index is 2160. The summed E-state index contributed by atoms with van der Waals surface area (Å²) < 4.78 is 12.0. The van der Waals surface area contributed by atoms with Gasteiger partial charge in [0.05, 0.1) is 29.0 Å². The molecule has 61 heavy (non-hydrogen) atoms. The number of ketones is 1. The highest BCUT2D eigenvalue weighted by Gasteiger charge is 2.52. The molecule has 3 aliphatic heterocycles. The molecule has 13 nitrogen and oxygen atoms in total. The Labute approximate surface area is 360 Å². The van der Waals surface area contributed by atoms with Crippen molar-refractivity contribution in [3.8, 4) is 30.1 Å². The summed E-state index contributed by atoms with van der Waals surface area (Å²) in [6.45, 7) is 18.4. The van der Waals surface area contributed by atoms with Gasteiger partial charge in [-0.15, -0.1) is 12.8 Å². The summed E-state index contributed by atoms with van der Waals surface area (Å²) >= 11 is 0. The summed E-state index contributed by atoms with van der Waals surface area (Å²) in [5, 5.41) is 50.0. The number of aliphatic hydroxyl groups is 2. The third kappa shape index (κ3) is 9.82. The summed E-state index contributed by atoms with van der Waals surface area (Å²) in [5.41, 5.74) is -0.0424. The van der Waals surface area contributed by atoms with Gasteiger partial charge in [0.2, 0.25) is 0 Å². The number of phenols is 2. The van der Waals surface area contributed by atoms with Crippen molar-refractivity contribution in [2.75, 3.05) is 32.1 Å². The monoisotopic (exact) mass is 844 g/mol. The zero-order chi connectivity index (χ0) is 45.5. The summed E-state index contributed by atoms with van der Waals surface area (Å²) in [6.07, 6.45) is 15.6. The number of hydrogen-bond acceptors (Lipinski definition) is 12. The van der Waals surface area contributed by atoms with Crippen LogP contribution in [0.15, 0.2) is 33.8 Å². The van der Waals surface area contributed by atoms with E-state index in [1.165, 1.54) is 6.92 Å². The molecule has 13 heteroatoms. The van der Waals surface area contributed by atoms with E-state index in [0.717, 1.165) is 26.5 Å². The Morgan fingerprint density at radius 3 is 2.28 bits per heavy atom. The molecule has 0 radical (unpaired) electrons. The number of aromatic hydroxyl groups is 2. The number of piperidine rings is 1. The number of hydrogen-bond donors (Lipinski definition) is 6. The van der Waals surface area contributed by atoms with E-state index in [9.17, 15) is 29.7 Å². The molecule has 1 saturated heterocycles. The van der Waals surface area contributed by atoms with Crippen molar-refractivity contribution in [3.63, 3.8) is 0 Å². The summed E-state index contributed by atoms with van der Waals surface area (Å²) in [7, 11) is 1.00. The number of nitrogens with zero attached hydrogens (tertiary/aromatic N) is 2. The highest BCUT2D eigenvalue weighted by atomic mass is 16.5. The van der Waals surface area contributed by atoms with Gasteiger partial charge in [-0.2, -0.15) is 0 Å². The van der Waals surface area contributed by atoms with Gasteiger partial charge in [-0.1, -0.05) is 52.8 Å². The standard InChI is InChI=1S/C45H62N4O8.C2H2.CH4O/c1-10-56-43-28(8)40(53)35-34-33(43)32(51)16-12-14-23(3)42(57-29(9)50)27(7)39(52)25(5)17-22(2)13-11-15-24(4)44(55)47-38(41(35)54)37-36(34)48-45(49-37)26(6)18-30-19-31(45)21-46-20-30;2*1-2/h11,13,15,22-23,25-27,30-31,39,42,46,52-54H,10,12,14,16-21H2,1-9H3,(H,47,55);1-2H;2H,1H3/b13-11+,24-15-;;/t22-,23+,25+,26?,27+,30?,31?,39+,42+,45-;;/m0../s1. The van der Waals surface area contributed by atoms with Crippen LogP contribution in [0.3, 0.4) is 0 Å². The molecule has 6 rings (SSSR count). The number of phenolic OH excluding ortho intramolecular Hbond substituents is 2. The van der Waals surface area contributed by atoms with Gasteiger partial charge < -0.3 is 40.5 Å². The Balaban J connectivity index is 0.00000199. The molecule has 2 aromatic carbocycles. The Kier molecular flexibility index (Phi) is 16.7. The average Bonchev–Trinajstić information content (AvgIpc) is 3.65. The average molecular weight is 845 g/mol. The third-order valence-corrected chi connectivity index (χ3v) is 13.1. The van der Waals surface area contributed by atoms with Gasteiger partial charge in [0, 0.05) is 61.3 Å². The molecule has 4 bridgehead atoms. The minimum atomic E-state index is -0.922. The van der Waals surface area contributed by atoms with Crippen LogP contribution >= 0.6 is 0 Å². The molecule has 1 aliphatic carbocycles. The van der Waals surface area contributed by atoms with Crippen molar-refractivity contribution in [1.29, 1.82) is 0 Å². The van der Waals surface area contributed by atoms with Gasteiger partial charge in [-0.05, 0) is 83.1 Å². The molecule has 0 aromatic heterocycles. The molecule has 4 aliphatic rings. The number of allylic oxidation sites excluding steroid dienone is 3. The largest absolute Gasteiger partial charge is 0.507 e. The Morgan fingerprint density at radius 1 is 0.951 bits per heavy atom. The summed E-state index contributed by atoms with van der Waals surface area (Å²) in [4.78, 5) is 51.8. The number of benzene rings is 2. The second kappa shape index (κ2) is 20.9. The summed E-state index contributed by atoms with van der Waals surface area (Å²) in [5.74, 6) is -1.73. The first-order valence-corrected chi connectivity index (χ1v) is 21.7. The quantitative estimate of drug-likeness (QED) is 0.120. The molecule has 1 saturated carbocycles. The highest BCUT2D eigenvalue weighted by molar-refractivity contribution is 6.16. The molecule has 334 valence electrons. The number of anilines is 1. The van der Waals surface area contributed by atoms with Crippen molar-refractivity contribution in [3.05, 3.63) is 45.6 Å². The van der Waals surface area contributed by atoms with Crippen LogP contribution in [0.1, 0.15) is 110 Å². The zero-order valence-electron chi connectivity index (χ0n) is 37.7. The normalized spacial score (nSPS) is 31.8. The molecule has 10 atom stereocenters. The number of terminal acetylenes is 1. The van der Waals surface area contributed by atoms with Gasteiger partial charge in [-0.25, -0.2) is 0 Å². The Hall–Kier alpha value is -4.77. The van der Waals surface area contributed by atoms with Gasteiger partial charge in [0.25, 0.3) is 5.91 Å². The number of nitrogens with one attached hydrogen (secondary N) is 2. The lowest BCUT2D eigenvalue weighted by atomic mass is 9.66. The Morgan fingerprint density at radius 2 is 1.62 bits per heavy atom. The van der Waals surface area contributed by atoms with Gasteiger partial charge in [0.15, 0.2) is 17.2 Å². The smallest absolute Gasteiger partial charge is 0.302 e. The van der Waals surface area contributed by atoms with Crippen molar-refractivity contribution < 1.29 is 44.3 Å². The number of rotatable bonds is 3. The molecule has 3 heterocycles. The van der Waals surface area contributed by atoms with Gasteiger partial charge in [0.1, 0.15) is 28.6 Å². The van der Waals surface area contributed by atoms with E-state index in [-0.39, 0.29) is 98.8 Å². The second-order valence-electron chi connectivity index (χ2n) is 17.5. The molecular formula is C48H68N4O9. The molecular weight excluding hydrogens is 777 g/mol. The maximum absolute atomic E-state index is 14.8.